The molecule has 0 N–H and O–H groups in total. The second-order valence-electron chi connectivity index (χ2n) is 6.51. The molecule has 0 bridgehead atoms. The average Bonchev–Trinajstić information content (AvgIpc) is 2.81. The van der Waals surface area contributed by atoms with E-state index in [1.54, 1.807) is 7.11 Å². The molecule has 0 aliphatic rings. The summed E-state index contributed by atoms with van der Waals surface area (Å²) in [7, 11) is 1.67. The van der Waals surface area contributed by atoms with E-state index in [-0.39, 0.29) is 0 Å². The molecule has 146 valence electrons. The average molecular weight is 383 g/mol. The van der Waals surface area contributed by atoms with Crippen molar-refractivity contribution in [1.29, 1.82) is 0 Å². The van der Waals surface area contributed by atoms with Gasteiger partial charge in [-0.3, -0.25) is 0 Å². The van der Waals surface area contributed by atoms with Gasteiger partial charge < -0.3 is 9.47 Å². The zero-order chi connectivity index (χ0) is 20.3. The SMILES string of the molecule is CCc1ccccc1.COc1ccc(-c2ccc(Oc3ccccc3)cc2)cc1. The number of aryl methyl sites for hydroxylation is 1. The molecule has 4 aromatic carbocycles. The summed E-state index contributed by atoms with van der Waals surface area (Å²) >= 11 is 0. The molecule has 0 saturated carbocycles. The largest absolute Gasteiger partial charge is 0.497 e. The van der Waals surface area contributed by atoms with Crippen molar-refractivity contribution in [3.8, 4) is 28.4 Å². The van der Waals surface area contributed by atoms with Gasteiger partial charge in [0, 0.05) is 0 Å². The van der Waals surface area contributed by atoms with Crippen molar-refractivity contribution in [2.24, 2.45) is 0 Å². The van der Waals surface area contributed by atoms with Crippen molar-refractivity contribution in [3.05, 3.63) is 115 Å². The number of methoxy groups -OCH3 is 1. The Labute approximate surface area is 173 Å². The molecule has 0 heterocycles. The second kappa shape index (κ2) is 10.7. The molecule has 4 aromatic rings. The van der Waals surface area contributed by atoms with Crippen LogP contribution < -0.4 is 9.47 Å². The van der Waals surface area contributed by atoms with E-state index in [2.05, 4.69) is 43.3 Å². The number of para-hydroxylation sites is 1. The maximum atomic E-state index is 5.79. The third-order valence-corrected chi connectivity index (χ3v) is 4.51. The van der Waals surface area contributed by atoms with Gasteiger partial charge in [0.15, 0.2) is 0 Å². The maximum Gasteiger partial charge on any atom is 0.127 e. The standard InChI is InChI=1S/C19H16O2.C8H10/c1-20-17-11-7-15(8-12-17)16-9-13-19(14-10-16)21-18-5-3-2-4-6-18;1-2-8-6-4-3-5-7-8/h2-14H,1H3;3-7H,2H2,1H3. The Morgan fingerprint density at radius 2 is 0.966 bits per heavy atom. The lowest BCUT2D eigenvalue weighted by Crippen LogP contribution is -1.85. The van der Waals surface area contributed by atoms with Crippen molar-refractivity contribution >= 4 is 0 Å². The minimum atomic E-state index is 0.832. The van der Waals surface area contributed by atoms with Gasteiger partial charge in [0.1, 0.15) is 17.2 Å². The first-order valence-electron chi connectivity index (χ1n) is 9.80. The fourth-order valence-corrected chi connectivity index (χ4v) is 2.84. The van der Waals surface area contributed by atoms with Crippen LogP contribution in [0.2, 0.25) is 0 Å². The lowest BCUT2D eigenvalue weighted by molar-refractivity contribution is 0.415. The van der Waals surface area contributed by atoms with Crippen molar-refractivity contribution in [2.45, 2.75) is 13.3 Å². The highest BCUT2D eigenvalue weighted by Crippen LogP contribution is 2.26. The molecule has 0 unspecified atom stereocenters. The maximum absolute atomic E-state index is 5.79. The molecule has 0 fully saturated rings. The molecule has 0 atom stereocenters. The molecule has 0 spiro atoms. The normalized spacial score (nSPS) is 9.86. The van der Waals surface area contributed by atoms with Crippen molar-refractivity contribution in [2.75, 3.05) is 7.11 Å². The van der Waals surface area contributed by atoms with Crippen LogP contribution in [0.1, 0.15) is 12.5 Å². The first-order valence-corrected chi connectivity index (χ1v) is 9.80. The van der Waals surface area contributed by atoms with Gasteiger partial charge in [0.05, 0.1) is 7.11 Å². The molecule has 0 amide bonds. The smallest absolute Gasteiger partial charge is 0.127 e. The molecule has 0 aromatic heterocycles. The molecule has 4 rings (SSSR count). The Balaban J connectivity index is 0.000000252. The fraction of sp³-hybridized carbons (Fsp3) is 0.111. The van der Waals surface area contributed by atoms with Crippen LogP contribution in [0.5, 0.6) is 17.2 Å². The van der Waals surface area contributed by atoms with E-state index in [4.69, 9.17) is 9.47 Å². The van der Waals surface area contributed by atoms with E-state index in [0.29, 0.717) is 0 Å². The van der Waals surface area contributed by atoms with Crippen molar-refractivity contribution < 1.29 is 9.47 Å². The third-order valence-electron chi connectivity index (χ3n) is 4.51. The highest BCUT2D eigenvalue weighted by molar-refractivity contribution is 5.65. The quantitative estimate of drug-likeness (QED) is 0.358. The Hall–Kier alpha value is -3.52. The third kappa shape index (κ3) is 6.25. The molecule has 0 saturated heterocycles. The summed E-state index contributed by atoms with van der Waals surface area (Å²) in [5.41, 5.74) is 3.72. The summed E-state index contributed by atoms with van der Waals surface area (Å²) in [6, 6.07) is 36.3. The predicted octanol–water partition coefficient (Wildman–Crippen LogP) is 7.40. The lowest BCUT2D eigenvalue weighted by atomic mass is 10.1. The number of ether oxygens (including phenoxy) is 2. The van der Waals surface area contributed by atoms with Crippen LogP contribution >= 0.6 is 0 Å². The molecular weight excluding hydrogens is 356 g/mol. The molecule has 29 heavy (non-hydrogen) atoms. The van der Waals surface area contributed by atoms with Crippen molar-refractivity contribution in [3.63, 3.8) is 0 Å². The minimum absolute atomic E-state index is 0.832. The minimum Gasteiger partial charge on any atom is -0.497 e. The Bertz CT molecular complexity index is 960. The number of rotatable bonds is 5. The highest BCUT2D eigenvalue weighted by atomic mass is 16.5. The number of hydrogen-bond acceptors (Lipinski definition) is 2. The van der Waals surface area contributed by atoms with Crippen LogP contribution in [-0.4, -0.2) is 7.11 Å². The second-order valence-corrected chi connectivity index (χ2v) is 6.51. The van der Waals surface area contributed by atoms with Gasteiger partial charge in [0.2, 0.25) is 0 Å². The van der Waals surface area contributed by atoms with Gasteiger partial charge in [-0.1, -0.05) is 79.7 Å². The summed E-state index contributed by atoms with van der Waals surface area (Å²) < 4.78 is 11.0. The van der Waals surface area contributed by atoms with E-state index in [1.807, 2.05) is 72.8 Å². The lowest BCUT2D eigenvalue weighted by Gasteiger charge is -2.07. The zero-order valence-corrected chi connectivity index (χ0v) is 16.9. The fourth-order valence-electron chi connectivity index (χ4n) is 2.84. The first kappa shape index (κ1) is 20.2. The van der Waals surface area contributed by atoms with Gasteiger partial charge in [-0.15, -0.1) is 0 Å². The molecule has 0 aliphatic carbocycles. The van der Waals surface area contributed by atoms with Gasteiger partial charge in [0.25, 0.3) is 0 Å². The topological polar surface area (TPSA) is 18.5 Å². The van der Waals surface area contributed by atoms with Crippen LogP contribution in [0, 0.1) is 0 Å². The zero-order valence-electron chi connectivity index (χ0n) is 16.9. The Morgan fingerprint density at radius 3 is 1.41 bits per heavy atom. The monoisotopic (exact) mass is 382 g/mol. The van der Waals surface area contributed by atoms with E-state index in [9.17, 15) is 0 Å². The first-order chi connectivity index (χ1) is 14.3. The number of benzene rings is 4. The highest BCUT2D eigenvalue weighted by Gasteiger charge is 2.00. The predicted molar refractivity (Wildman–Crippen MR) is 121 cm³/mol. The van der Waals surface area contributed by atoms with Crippen LogP contribution in [0.25, 0.3) is 11.1 Å². The summed E-state index contributed by atoms with van der Waals surface area (Å²) in [6.45, 7) is 2.16. The molecular formula is C27H26O2. The van der Waals surface area contributed by atoms with Gasteiger partial charge in [-0.2, -0.15) is 0 Å². The molecule has 0 radical (unpaired) electrons. The van der Waals surface area contributed by atoms with E-state index in [1.165, 1.54) is 5.56 Å². The van der Waals surface area contributed by atoms with Crippen molar-refractivity contribution in [1.82, 2.24) is 0 Å². The molecule has 0 aliphatic heterocycles. The molecule has 2 heteroatoms. The van der Waals surface area contributed by atoms with Crippen LogP contribution in [0.15, 0.2) is 109 Å². The van der Waals surface area contributed by atoms with Gasteiger partial charge >= 0.3 is 0 Å². The Kier molecular flexibility index (Phi) is 7.48. The van der Waals surface area contributed by atoms with Gasteiger partial charge in [-0.25, -0.2) is 0 Å². The van der Waals surface area contributed by atoms with E-state index < -0.39 is 0 Å². The van der Waals surface area contributed by atoms with E-state index in [0.717, 1.165) is 34.8 Å². The number of hydrogen-bond donors (Lipinski definition) is 0. The van der Waals surface area contributed by atoms with Gasteiger partial charge in [-0.05, 0) is 59.5 Å². The Morgan fingerprint density at radius 1 is 0.517 bits per heavy atom. The van der Waals surface area contributed by atoms with Crippen LogP contribution in [0.4, 0.5) is 0 Å². The summed E-state index contributed by atoms with van der Waals surface area (Å²) in [4.78, 5) is 0. The molecule has 2 nitrogen and oxygen atoms in total. The summed E-state index contributed by atoms with van der Waals surface area (Å²) in [6.07, 6.45) is 1.14. The van der Waals surface area contributed by atoms with Crippen LogP contribution in [0.3, 0.4) is 0 Å². The van der Waals surface area contributed by atoms with Crippen LogP contribution in [-0.2, 0) is 6.42 Å². The summed E-state index contributed by atoms with van der Waals surface area (Å²) in [5, 5.41) is 0. The summed E-state index contributed by atoms with van der Waals surface area (Å²) in [5.74, 6) is 2.54. The van der Waals surface area contributed by atoms with E-state index >= 15 is 0 Å².